The first-order valence-electron chi connectivity index (χ1n) is 13.8. The molecule has 4 aliphatic rings. The highest BCUT2D eigenvalue weighted by Gasteiger charge is 2.57. The number of nitrogens with zero attached hydrogens (tertiary/aromatic N) is 3. The molecule has 3 amide bonds. The van der Waals surface area contributed by atoms with Crippen LogP contribution in [-0.4, -0.2) is 71.7 Å². The van der Waals surface area contributed by atoms with E-state index in [1.165, 1.54) is 7.11 Å². The van der Waals surface area contributed by atoms with Gasteiger partial charge in [0.1, 0.15) is 5.41 Å². The SMILES string of the molecule is COC(=O)[C@@]12C[C@@H](CC(=O)N3CCN(C(=O)C4CC4)CC3)C(=O)N(Cc3ccccc3)C1=CCC(C)(C)C2. The standard InChI is InChI=1S/C30H39N3O5/c1-29(2)12-11-24-30(20-29,28(37)38-3)18-23(27(36)33(24)19-21-7-5-4-6-8-21)17-25(34)31-13-15-32(16-14-31)26(35)22-9-10-22/h4-8,11,22-23H,9-10,12-20H2,1-3H3/t23-,30-/m1/s1. The Hall–Kier alpha value is -3.16. The van der Waals surface area contributed by atoms with E-state index in [9.17, 15) is 19.2 Å². The lowest BCUT2D eigenvalue weighted by Gasteiger charge is -2.51. The molecule has 204 valence electrons. The van der Waals surface area contributed by atoms with Crippen molar-refractivity contribution >= 4 is 23.7 Å². The summed E-state index contributed by atoms with van der Waals surface area (Å²) in [6.07, 6.45) is 5.61. The lowest BCUT2D eigenvalue weighted by molar-refractivity contribution is -0.163. The zero-order valence-electron chi connectivity index (χ0n) is 22.8. The minimum atomic E-state index is -0.973. The number of ether oxygens (including phenoxy) is 1. The molecule has 2 atom stereocenters. The summed E-state index contributed by atoms with van der Waals surface area (Å²) in [5.74, 6) is -0.798. The average Bonchev–Trinajstić information content (AvgIpc) is 3.76. The van der Waals surface area contributed by atoms with E-state index in [1.54, 1.807) is 9.80 Å². The van der Waals surface area contributed by atoms with Crippen LogP contribution in [0, 0.1) is 22.7 Å². The van der Waals surface area contributed by atoms with Crippen LogP contribution in [0.1, 0.15) is 57.9 Å². The molecule has 2 aliphatic carbocycles. The highest BCUT2D eigenvalue weighted by Crippen LogP contribution is 2.55. The molecule has 2 saturated heterocycles. The highest BCUT2D eigenvalue weighted by molar-refractivity contribution is 5.92. The quantitative estimate of drug-likeness (QED) is 0.536. The van der Waals surface area contributed by atoms with Gasteiger partial charge in [0.25, 0.3) is 0 Å². The Morgan fingerprint density at radius 3 is 2.29 bits per heavy atom. The van der Waals surface area contributed by atoms with Crippen LogP contribution < -0.4 is 0 Å². The summed E-state index contributed by atoms with van der Waals surface area (Å²) in [4.78, 5) is 58.7. The van der Waals surface area contributed by atoms with Crippen LogP contribution in [0.3, 0.4) is 0 Å². The molecular weight excluding hydrogens is 482 g/mol. The predicted octanol–water partition coefficient (Wildman–Crippen LogP) is 3.37. The second-order valence-electron chi connectivity index (χ2n) is 12.2. The molecule has 0 N–H and O–H groups in total. The number of hydrogen-bond donors (Lipinski definition) is 0. The zero-order chi connectivity index (χ0) is 27.1. The molecule has 0 spiro atoms. The topological polar surface area (TPSA) is 87.2 Å². The maximum absolute atomic E-state index is 14.0. The Morgan fingerprint density at radius 2 is 1.66 bits per heavy atom. The maximum Gasteiger partial charge on any atom is 0.317 e. The molecule has 3 fully saturated rings. The van der Waals surface area contributed by atoms with Crippen molar-refractivity contribution in [2.45, 2.75) is 58.9 Å². The molecule has 0 aromatic heterocycles. The van der Waals surface area contributed by atoms with Gasteiger partial charge in [-0.15, -0.1) is 0 Å². The lowest BCUT2D eigenvalue weighted by Crippen LogP contribution is -2.56. The van der Waals surface area contributed by atoms with Crippen LogP contribution in [0.4, 0.5) is 0 Å². The summed E-state index contributed by atoms with van der Waals surface area (Å²) >= 11 is 0. The number of allylic oxidation sites excluding steroid dienone is 1. The molecule has 1 aromatic rings. The van der Waals surface area contributed by atoms with Gasteiger partial charge in [0.05, 0.1) is 13.7 Å². The second kappa shape index (κ2) is 10.2. The Bertz CT molecular complexity index is 1130. The number of benzene rings is 1. The molecule has 1 saturated carbocycles. The van der Waals surface area contributed by atoms with Gasteiger partial charge in [0, 0.05) is 50.1 Å². The summed E-state index contributed by atoms with van der Waals surface area (Å²) in [7, 11) is 1.40. The van der Waals surface area contributed by atoms with E-state index in [1.807, 2.05) is 41.3 Å². The summed E-state index contributed by atoms with van der Waals surface area (Å²) in [6.45, 7) is 6.63. The minimum Gasteiger partial charge on any atom is -0.468 e. The minimum absolute atomic E-state index is 0.0488. The fourth-order valence-electron chi connectivity index (χ4n) is 6.59. The predicted molar refractivity (Wildman–Crippen MR) is 141 cm³/mol. The molecular formula is C30H39N3O5. The molecule has 38 heavy (non-hydrogen) atoms. The molecule has 0 bridgehead atoms. The number of hydrogen-bond acceptors (Lipinski definition) is 5. The van der Waals surface area contributed by atoms with Crippen LogP contribution in [0.15, 0.2) is 42.1 Å². The second-order valence-corrected chi connectivity index (χ2v) is 12.2. The number of amides is 3. The molecule has 0 unspecified atom stereocenters. The monoisotopic (exact) mass is 521 g/mol. The van der Waals surface area contributed by atoms with Crippen molar-refractivity contribution in [3.8, 4) is 0 Å². The lowest BCUT2D eigenvalue weighted by atomic mass is 9.59. The molecule has 2 heterocycles. The highest BCUT2D eigenvalue weighted by atomic mass is 16.5. The van der Waals surface area contributed by atoms with Gasteiger partial charge in [-0.1, -0.05) is 50.3 Å². The van der Waals surface area contributed by atoms with E-state index in [-0.39, 0.29) is 47.9 Å². The van der Waals surface area contributed by atoms with E-state index in [4.69, 9.17) is 4.74 Å². The largest absolute Gasteiger partial charge is 0.468 e. The summed E-state index contributed by atoms with van der Waals surface area (Å²) in [6, 6.07) is 9.74. The van der Waals surface area contributed by atoms with E-state index in [2.05, 4.69) is 13.8 Å². The summed E-state index contributed by atoms with van der Waals surface area (Å²) < 4.78 is 5.35. The number of methoxy groups -OCH3 is 1. The van der Waals surface area contributed by atoms with Gasteiger partial charge >= 0.3 is 5.97 Å². The first kappa shape index (κ1) is 26.4. The Labute approximate surface area is 225 Å². The van der Waals surface area contributed by atoms with Crippen molar-refractivity contribution in [3.63, 3.8) is 0 Å². The number of piperidine rings is 1. The first-order valence-corrected chi connectivity index (χ1v) is 13.8. The summed E-state index contributed by atoms with van der Waals surface area (Å²) in [5, 5.41) is 0. The normalized spacial score (nSPS) is 26.9. The first-order chi connectivity index (χ1) is 18.1. The number of fused-ring (bicyclic) bond motifs is 1. The molecule has 0 radical (unpaired) electrons. The number of carbonyl (C=O) groups is 4. The van der Waals surface area contributed by atoms with E-state index in [0.29, 0.717) is 44.8 Å². The zero-order valence-corrected chi connectivity index (χ0v) is 22.8. The van der Waals surface area contributed by atoms with Crippen LogP contribution in [0.25, 0.3) is 0 Å². The van der Waals surface area contributed by atoms with Gasteiger partial charge in [-0.05, 0) is 43.1 Å². The number of esters is 1. The van der Waals surface area contributed by atoms with Gasteiger partial charge in [0.15, 0.2) is 0 Å². The van der Waals surface area contributed by atoms with Crippen LogP contribution in [0.2, 0.25) is 0 Å². The molecule has 1 aromatic carbocycles. The third-order valence-electron chi connectivity index (χ3n) is 8.67. The van der Waals surface area contributed by atoms with E-state index in [0.717, 1.165) is 24.8 Å². The molecule has 8 heteroatoms. The van der Waals surface area contributed by atoms with Crippen molar-refractivity contribution < 1.29 is 23.9 Å². The number of rotatable bonds is 6. The van der Waals surface area contributed by atoms with Gasteiger partial charge in [-0.3, -0.25) is 19.2 Å². The number of likely N-dealkylation sites (tertiary alicyclic amines) is 1. The Balaban J connectivity index is 1.38. The van der Waals surface area contributed by atoms with Gasteiger partial charge in [0.2, 0.25) is 17.7 Å². The van der Waals surface area contributed by atoms with Crippen molar-refractivity contribution in [1.82, 2.24) is 14.7 Å². The molecule has 2 aliphatic heterocycles. The van der Waals surface area contributed by atoms with Crippen LogP contribution in [-0.2, 0) is 30.5 Å². The van der Waals surface area contributed by atoms with Gasteiger partial charge < -0.3 is 19.4 Å². The number of carbonyl (C=O) groups excluding carboxylic acids is 4. The maximum atomic E-state index is 14.0. The van der Waals surface area contributed by atoms with Gasteiger partial charge in [-0.2, -0.15) is 0 Å². The number of piperazine rings is 1. The third-order valence-corrected chi connectivity index (χ3v) is 8.67. The van der Waals surface area contributed by atoms with Crippen molar-refractivity contribution in [2.24, 2.45) is 22.7 Å². The smallest absolute Gasteiger partial charge is 0.317 e. The Kier molecular flexibility index (Phi) is 7.09. The van der Waals surface area contributed by atoms with E-state index >= 15 is 0 Å². The van der Waals surface area contributed by atoms with Crippen molar-refractivity contribution in [2.75, 3.05) is 33.3 Å². The fraction of sp³-hybridized carbons (Fsp3) is 0.600. The van der Waals surface area contributed by atoms with Crippen molar-refractivity contribution in [3.05, 3.63) is 47.7 Å². The van der Waals surface area contributed by atoms with Crippen LogP contribution in [0.5, 0.6) is 0 Å². The van der Waals surface area contributed by atoms with Gasteiger partial charge in [-0.25, -0.2) is 0 Å². The average molecular weight is 522 g/mol. The fourth-order valence-corrected chi connectivity index (χ4v) is 6.59. The molecule has 8 nitrogen and oxygen atoms in total. The van der Waals surface area contributed by atoms with Crippen LogP contribution >= 0.6 is 0 Å². The molecule has 5 rings (SSSR count). The van der Waals surface area contributed by atoms with Crippen molar-refractivity contribution in [1.29, 1.82) is 0 Å². The third kappa shape index (κ3) is 5.09. The van der Waals surface area contributed by atoms with E-state index < -0.39 is 11.3 Å². The Morgan fingerprint density at radius 1 is 1.00 bits per heavy atom. The summed E-state index contributed by atoms with van der Waals surface area (Å²) in [5.41, 5.74) is 0.567.